The molecule has 0 aliphatic rings. The van der Waals surface area contributed by atoms with Crippen LogP contribution >= 0.6 is 0 Å². The molecule has 0 heterocycles. The van der Waals surface area contributed by atoms with E-state index in [0.29, 0.717) is 23.6 Å². The van der Waals surface area contributed by atoms with Crippen molar-refractivity contribution >= 4 is 27.5 Å². The fraction of sp³-hybridized carbons (Fsp3) is 0.355. The van der Waals surface area contributed by atoms with Gasteiger partial charge in [-0.05, 0) is 66.9 Å². The summed E-state index contributed by atoms with van der Waals surface area (Å²) < 4.78 is 58.6. The Balaban J connectivity index is 2.06. The molecular formula is C31H38FN3O7S. The molecule has 0 unspecified atom stereocenters. The fourth-order valence-electron chi connectivity index (χ4n) is 4.24. The van der Waals surface area contributed by atoms with Gasteiger partial charge < -0.3 is 24.4 Å². The van der Waals surface area contributed by atoms with Crippen LogP contribution in [0.1, 0.15) is 26.3 Å². The van der Waals surface area contributed by atoms with Gasteiger partial charge in [-0.15, -0.1) is 0 Å². The lowest BCUT2D eigenvalue weighted by Crippen LogP contribution is -2.51. The average molecular weight is 616 g/mol. The zero-order valence-corrected chi connectivity index (χ0v) is 26.0. The van der Waals surface area contributed by atoms with Crippen LogP contribution in [0.2, 0.25) is 0 Å². The van der Waals surface area contributed by atoms with E-state index in [2.05, 4.69) is 5.32 Å². The van der Waals surface area contributed by atoms with Crippen molar-refractivity contribution in [1.29, 1.82) is 0 Å². The zero-order valence-electron chi connectivity index (χ0n) is 25.2. The van der Waals surface area contributed by atoms with Gasteiger partial charge in [0.05, 0.1) is 31.9 Å². The number of methoxy groups -OCH3 is 3. The van der Waals surface area contributed by atoms with Gasteiger partial charge in [-0.25, -0.2) is 12.8 Å². The molecule has 2 amide bonds. The summed E-state index contributed by atoms with van der Waals surface area (Å²) in [5.41, 5.74) is 0.732. The number of halogens is 1. The molecule has 0 fully saturated rings. The Morgan fingerprint density at radius 2 is 1.56 bits per heavy atom. The number of nitrogens with one attached hydrogen (secondary N) is 1. The Labute approximate surface area is 252 Å². The number of nitrogens with zero attached hydrogens (tertiary/aromatic N) is 2. The van der Waals surface area contributed by atoms with Crippen LogP contribution in [-0.2, 0) is 26.2 Å². The summed E-state index contributed by atoms with van der Waals surface area (Å²) in [5.74, 6) is -0.385. The predicted octanol–water partition coefficient (Wildman–Crippen LogP) is 4.24. The highest BCUT2D eigenvalue weighted by atomic mass is 32.2. The number of anilines is 1. The first-order valence-electron chi connectivity index (χ1n) is 13.6. The number of ether oxygens (including phenoxy) is 3. The molecule has 0 saturated carbocycles. The van der Waals surface area contributed by atoms with Crippen LogP contribution in [-0.4, -0.2) is 65.6 Å². The van der Waals surface area contributed by atoms with Crippen molar-refractivity contribution in [3.8, 4) is 17.2 Å². The first-order chi connectivity index (χ1) is 20.4. The monoisotopic (exact) mass is 615 g/mol. The molecule has 3 aromatic carbocycles. The maximum Gasteiger partial charge on any atom is 0.264 e. The highest BCUT2D eigenvalue weighted by Gasteiger charge is 2.33. The van der Waals surface area contributed by atoms with Crippen LogP contribution < -0.4 is 23.8 Å². The summed E-state index contributed by atoms with van der Waals surface area (Å²) in [6.45, 7) is 5.21. The molecule has 0 radical (unpaired) electrons. The highest BCUT2D eigenvalue weighted by Crippen LogP contribution is 2.32. The topological polar surface area (TPSA) is 114 Å². The van der Waals surface area contributed by atoms with Gasteiger partial charge >= 0.3 is 0 Å². The summed E-state index contributed by atoms with van der Waals surface area (Å²) in [6.07, 6.45) is 0. The first kappa shape index (κ1) is 33.2. The molecular weight excluding hydrogens is 577 g/mol. The summed E-state index contributed by atoms with van der Waals surface area (Å²) in [5, 5.41) is 2.84. The van der Waals surface area contributed by atoms with E-state index in [1.165, 1.54) is 56.6 Å². The van der Waals surface area contributed by atoms with Gasteiger partial charge in [0.25, 0.3) is 10.0 Å². The Bertz CT molecular complexity index is 1510. The standard InChI is InChI=1S/C31H38FN3O7S/c1-21(2)18-33-31(37)22(3)34(19-23-8-7-9-26(16-23)40-4)30(36)20-35(25-12-10-24(32)11-13-25)43(38,39)27-14-15-28(41-5)29(17-27)42-6/h7-17,21-22H,18-20H2,1-6H3,(H,33,37)/t22-/m0/s1. The summed E-state index contributed by atoms with van der Waals surface area (Å²) >= 11 is 0. The van der Waals surface area contributed by atoms with E-state index in [1.54, 1.807) is 31.2 Å². The molecule has 0 bridgehead atoms. The van der Waals surface area contributed by atoms with Crippen molar-refractivity contribution in [1.82, 2.24) is 10.2 Å². The number of rotatable bonds is 14. The van der Waals surface area contributed by atoms with Crippen molar-refractivity contribution in [2.24, 2.45) is 5.92 Å². The molecule has 232 valence electrons. The van der Waals surface area contributed by atoms with E-state index in [0.717, 1.165) is 16.4 Å². The Morgan fingerprint density at radius 3 is 2.16 bits per heavy atom. The van der Waals surface area contributed by atoms with E-state index in [1.807, 2.05) is 13.8 Å². The van der Waals surface area contributed by atoms with E-state index in [-0.39, 0.29) is 34.7 Å². The molecule has 10 nitrogen and oxygen atoms in total. The lowest BCUT2D eigenvalue weighted by Gasteiger charge is -2.32. The smallest absolute Gasteiger partial charge is 0.264 e. The average Bonchev–Trinajstić information content (AvgIpc) is 3.00. The van der Waals surface area contributed by atoms with Crippen LogP contribution in [0, 0.1) is 11.7 Å². The summed E-state index contributed by atoms with van der Waals surface area (Å²) in [4.78, 5) is 28.3. The minimum atomic E-state index is -4.40. The molecule has 0 saturated heterocycles. The molecule has 0 aromatic heterocycles. The van der Waals surface area contributed by atoms with E-state index in [9.17, 15) is 22.4 Å². The number of carbonyl (C=O) groups excluding carboxylic acids is 2. The second-order valence-corrected chi connectivity index (χ2v) is 12.1. The van der Waals surface area contributed by atoms with Gasteiger partial charge in [-0.3, -0.25) is 13.9 Å². The van der Waals surface area contributed by atoms with Crippen molar-refractivity contribution in [2.75, 3.05) is 38.7 Å². The largest absolute Gasteiger partial charge is 0.497 e. The second kappa shape index (κ2) is 14.7. The SMILES string of the molecule is COc1cccc(CN(C(=O)CN(c2ccc(F)cc2)S(=O)(=O)c2ccc(OC)c(OC)c2)[C@@H](C)C(=O)NCC(C)C)c1. The minimum absolute atomic E-state index is 0.0000370. The van der Waals surface area contributed by atoms with Gasteiger partial charge in [0.1, 0.15) is 24.2 Å². The number of benzene rings is 3. The van der Waals surface area contributed by atoms with Gasteiger partial charge in [-0.2, -0.15) is 0 Å². The lowest BCUT2D eigenvalue weighted by atomic mass is 10.1. The van der Waals surface area contributed by atoms with Gasteiger partial charge in [0.15, 0.2) is 11.5 Å². The lowest BCUT2D eigenvalue weighted by molar-refractivity contribution is -0.139. The fourth-order valence-corrected chi connectivity index (χ4v) is 5.67. The van der Waals surface area contributed by atoms with Crippen LogP contribution in [0.5, 0.6) is 17.2 Å². The predicted molar refractivity (Wildman–Crippen MR) is 161 cm³/mol. The highest BCUT2D eigenvalue weighted by molar-refractivity contribution is 7.92. The third-order valence-electron chi connectivity index (χ3n) is 6.68. The number of carbonyl (C=O) groups is 2. The number of amides is 2. The molecule has 0 aliphatic heterocycles. The molecule has 3 rings (SSSR count). The van der Waals surface area contributed by atoms with Crippen molar-refractivity contribution in [3.05, 3.63) is 78.1 Å². The summed E-state index contributed by atoms with van der Waals surface area (Å²) in [7, 11) is -0.0851. The normalized spacial score (nSPS) is 11.9. The first-order valence-corrected chi connectivity index (χ1v) is 15.1. The maximum absolute atomic E-state index is 14.0. The molecule has 1 N–H and O–H groups in total. The number of hydrogen-bond donors (Lipinski definition) is 1. The Hall–Kier alpha value is -4.32. The number of sulfonamides is 1. The molecule has 43 heavy (non-hydrogen) atoms. The Morgan fingerprint density at radius 1 is 0.884 bits per heavy atom. The zero-order chi connectivity index (χ0) is 31.7. The van der Waals surface area contributed by atoms with E-state index < -0.39 is 34.3 Å². The van der Waals surface area contributed by atoms with Gasteiger partial charge in [0.2, 0.25) is 11.8 Å². The Kier molecular flexibility index (Phi) is 11.4. The van der Waals surface area contributed by atoms with Crippen LogP contribution in [0.25, 0.3) is 0 Å². The van der Waals surface area contributed by atoms with Crippen molar-refractivity contribution < 1.29 is 36.6 Å². The molecule has 0 aliphatic carbocycles. The van der Waals surface area contributed by atoms with Crippen LogP contribution in [0.4, 0.5) is 10.1 Å². The quantitative estimate of drug-likeness (QED) is 0.289. The third kappa shape index (κ3) is 8.38. The molecule has 3 aromatic rings. The van der Waals surface area contributed by atoms with Gasteiger partial charge in [-0.1, -0.05) is 26.0 Å². The minimum Gasteiger partial charge on any atom is -0.497 e. The number of hydrogen-bond acceptors (Lipinski definition) is 7. The summed E-state index contributed by atoms with van der Waals surface area (Å²) in [6, 6.07) is 14.9. The van der Waals surface area contributed by atoms with Crippen LogP contribution in [0.15, 0.2) is 71.6 Å². The van der Waals surface area contributed by atoms with E-state index in [4.69, 9.17) is 14.2 Å². The van der Waals surface area contributed by atoms with Gasteiger partial charge in [0, 0.05) is 19.2 Å². The molecule has 12 heteroatoms. The maximum atomic E-state index is 14.0. The van der Waals surface area contributed by atoms with Crippen molar-refractivity contribution in [3.63, 3.8) is 0 Å². The van der Waals surface area contributed by atoms with Crippen molar-refractivity contribution in [2.45, 2.75) is 38.3 Å². The van der Waals surface area contributed by atoms with Crippen LogP contribution in [0.3, 0.4) is 0 Å². The third-order valence-corrected chi connectivity index (χ3v) is 8.45. The molecule has 0 spiro atoms. The van der Waals surface area contributed by atoms with E-state index >= 15 is 0 Å². The second-order valence-electron chi connectivity index (χ2n) is 10.2. The molecule has 1 atom stereocenters.